The first kappa shape index (κ1) is 14.7. The minimum Gasteiger partial charge on any atom is -0.398 e. The summed E-state index contributed by atoms with van der Waals surface area (Å²) in [6.45, 7) is 0. The smallest absolute Gasteiger partial charge is 0.391 e. The summed E-state index contributed by atoms with van der Waals surface area (Å²) < 4.78 is 37.6. The fraction of sp³-hybridized carbons (Fsp3) is 0.500. The lowest BCUT2D eigenvalue weighted by Gasteiger charge is -2.30. The van der Waals surface area contributed by atoms with Gasteiger partial charge in [-0.3, -0.25) is 4.79 Å². The number of para-hydroxylation sites is 1. The van der Waals surface area contributed by atoms with Gasteiger partial charge in [-0.15, -0.1) is 0 Å². The maximum Gasteiger partial charge on any atom is 0.391 e. The predicted octanol–water partition coefficient (Wildman–Crippen LogP) is 3.12. The average molecular weight is 286 g/mol. The average Bonchev–Trinajstić information content (AvgIpc) is 2.38. The van der Waals surface area contributed by atoms with Gasteiger partial charge in [-0.1, -0.05) is 12.1 Å². The number of anilines is 1. The first-order valence-electron chi connectivity index (χ1n) is 6.60. The van der Waals surface area contributed by atoms with Gasteiger partial charge in [-0.25, -0.2) is 0 Å². The van der Waals surface area contributed by atoms with Crippen LogP contribution in [0, 0.1) is 5.92 Å². The monoisotopic (exact) mass is 286 g/mol. The summed E-state index contributed by atoms with van der Waals surface area (Å²) in [4.78, 5) is 12.0. The van der Waals surface area contributed by atoms with Crippen LogP contribution in [0.4, 0.5) is 18.9 Å². The number of benzene rings is 1. The predicted molar refractivity (Wildman–Crippen MR) is 70.1 cm³/mol. The van der Waals surface area contributed by atoms with E-state index in [1.54, 1.807) is 24.3 Å². The number of carbonyl (C=O) groups excluding carboxylic acids is 1. The van der Waals surface area contributed by atoms with Gasteiger partial charge in [0, 0.05) is 11.7 Å². The van der Waals surface area contributed by atoms with Crippen LogP contribution in [0.15, 0.2) is 24.3 Å². The fourth-order valence-corrected chi connectivity index (χ4v) is 2.53. The minimum absolute atomic E-state index is 0.0682. The SMILES string of the molecule is Nc1ccccc1C(=O)NC1CCC(C(F)(F)F)CC1. The van der Waals surface area contributed by atoms with Gasteiger partial charge in [0.25, 0.3) is 5.91 Å². The maximum absolute atomic E-state index is 12.5. The van der Waals surface area contributed by atoms with Crippen molar-refractivity contribution in [3.63, 3.8) is 0 Å². The van der Waals surface area contributed by atoms with E-state index in [0.717, 1.165) is 0 Å². The number of carbonyl (C=O) groups is 1. The van der Waals surface area contributed by atoms with Crippen molar-refractivity contribution in [2.45, 2.75) is 37.9 Å². The standard InChI is InChI=1S/C14H17F3N2O/c15-14(16,17)9-5-7-10(8-6-9)19-13(20)11-3-1-2-4-12(11)18/h1-4,9-10H,5-8,18H2,(H,19,20). The van der Waals surface area contributed by atoms with E-state index in [2.05, 4.69) is 5.32 Å². The summed E-state index contributed by atoms with van der Waals surface area (Å²) in [5.41, 5.74) is 6.43. The molecular formula is C14H17F3N2O. The van der Waals surface area contributed by atoms with Crippen molar-refractivity contribution >= 4 is 11.6 Å². The Labute approximate surface area is 115 Å². The molecule has 1 fully saturated rings. The van der Waals surface area contributed by atoms with Gasteiger partial charge in [0.1, 0.15) is 0 Å². The van der Waals surface area contributed by atoms with Crippen LogP contribution >= 0.6 is 0 Å². The summed E-state index contributed by atoms with van der Waals surface area (Å²) >= 11 is 0. The first-order chi connectivity index (χ1) is 9.38. The Morgan fingerprint density at radius 1 is 1.15 bits per heavy atom. The number of nitrogen functional groups attached to an aromatic ring is 1. The van der Waals surface area contributed by atoms with Gasteiger partial charge < -0.3 is 11.1 Å². The summed E-state index contributed by atoms with van der Waals surface area (Å²) in [5.74, 6) is -1.56. The lowest BCUT2D eigenvalue weighted by molar-refractivity contribution is -0.182. The molecule has 2 rings (SSSR count). The molecule has 1 amide bonds. The molecule has 1 aromatic carbocycles. The van der Waals surface area contributed by atoms with Crippen molar-refractivity contribution in [2.75, 3.05) is 5.73 Å². The molecule has 3 nitrogen and oxygen atoms in total. The van der Waals surface area contributed by atoms with Gasteiger partial charge in [0.05, 0.1) is 11.5 Å². The first-order valence-corrected chi connectivity index (χ1v) is 6.60. The van der Waals surface area contributed by atoms with Crippen LogP contribution in [-0.2, 0) is 0 Å². The zero-order valence-corrected chi connectivity index (χ0v) is 10.9. The van der Waals surface area contributed by atoms with Gasteiger partial charge >= 0.3 is 6.18 Å². The molecule has 6 heteroatoms. The molecule has 1 aromatic rings. The van der Waals surface area contributed by atoms with E-state index in [1.807, 2.05) is 0 Å². The molecule has 0 unspecified atom stereocenters. The van der Waals surface area contributed by atoms with Crippen molar-refractivity contribution < 1.29 is 18.0 Å². The number of halogens is 3. The van der Waals surface area contributed by atoms with Crippen LogP contribution < -0.4 is 11.1 Å². The highest BCUT2D eigenvalue weighted by molar-refractivity contribution is 5.99. The molecule has 0 bridgehead atoms. The summed E-state index contributed by atoms with van der Waals surface area (Å²) in [5, 5.41) is 2.76. The molecule has 110 valence electrons. The number of amides is 1. The van der Waals surface area contributed by atoms with Crippen LogP contribution in [0.1, 0.15) is 36.0 Å². The van der Waals surface area contributed by atoms with Crippen molar-refractivity contribution in [1.82, 2.24) is 5.32 Å². The number of nitrogens with one attached hydrogen (secondary N) is 1. The van der Waals surface area contributed by atoms with Crippen molar-refractivity contribution in [3.8, 4) is 0 Å². The molecule has 3 N–H and O–H groups in total. The van der Waals surface area contributed by atoms with Gasteiger partial charge in [0.2, 0.25) is 0 Å². The molecule has 0 aromatic heterocycles. The number of rotatable bonds is 2. The Hall–Kier alpha value is -1.72. The topological polar surface area (TPSA) is 55.1 Å². The highest BCUT2D eigenvalue weighted by Gasteiger charge is 2.41. The van der Waals surface area contributed by atoms with E-state index in [9.17, 15) is 18.0 Å². The Kier molecular flexibility index (Phi) is 4.20. The zero-order valence-electron chi connectivity index (χ0n) is 10.9. The molecule has 0 radical (unpaired) electrons. The minimum atomic E-state index is -4.13. The summed E-state index contributed by atoms with van der Waals surface area (Å²) in [7, 11) is 0. The number of nitrogens with two attached hydrogens (primary N) is 1. The number of hydrogen-bond donors (Lipinski definition) is 2. The molecule has 0 saturated heterocycles. The van der Waals surface area contributed by atoms with Crippen molar-refractivity contribution in [2.24, 2.45) is 5.92 Å². The lowest BCUT2D eigenvalue weighted by atomic mass is 9.85. The molecule has 1 saturated carbocycles. The number of alkyl halides is 3. The molecule has 1 aliphatic carbocycles. The second-order valence-electron chi connectivity index (χ2n) is 5.15. The highest BCUT2D eigenvalue weighted by atomic mass is 19.4. The molecule has 0 atom stereocenters. The molecule has 1 aliphatic rings. The highest BCUT2D eigenvalue weighted by Crippen LogP contribution is 2.37. The third-order valence-electron chi connectivity index (χ3n) is 3.73. The Morgan fingerprint density at radius 3 is 2.30 bits per heavy atom. The van der Waals surface area contributed by atoms with E-state index in [1.165, 1.54) is 0 Å². The normalized spacial score (nSPS) is 23.4. The third kappa shape index (κ3) is 3.43. The van der Waals surface area contributed by atoms with E-state index in [0.29, 0.717) is 24.1 Å². The quantitative estimate of drug-likeness (QED) is 0.821. The van der Waals surface area contributed by atoms with Gasteiger partial charge in [-0.05, 0) is 37.8 Å². The summed E-state index contributed by atoms with van der Waals surface area (Å²) in [6.07, 6.45) is -3.29. The molecular weight excluding hydrogens is 269 g/mol. The Morgan fingerprint density at radius 2 is 1.75 bits per heavy atom. The van der Waals surface area contributed by atoms with Crippen LogP contribution in [0.25, 0.3) is 0 Å². The number of hydrogen-bond acceptors (Lipinski definition) is 2. The third-order valence-corrected chi connectivity index (χ3v) is 3.73. The van der Waals surface area contributed by atoms with Gasteiger partial charge in [-0.2, -0.15) is 13.2 Å². The van der Waals surface area contributed by atoms with Crippen molar-refractivity contribution in [3.05, 3.63) is 29.8 Å². The maximum atomic E-state index is 12.5. The molecule has 0 heterocycles. The van der Waals surface area contributed by atoms with E-state index in [-0.39, 0.29) is 24.8 Å². The zero-order chi connectivity index (χ0) is 14.8. The summed E-state index contributed by atoms with van der Waals surface area (Å²) in [6, 6.07) is 6.44. The lowest BCUT2D eigenvalue weighted by Crippen LogP contribution is -2.40. The molecule has 0 aliphatic heterocycles. The Bertz CT molecular complexity index is 480. The van der Waals surface area contributed by atoms with Crippen LogP contribution in [-0.4, -0.2) is 18.1 Å². The van der Waals surface area contributed by atoms with Crippen molar-refractivity contribution in [1.29, 1.82) is 0 Å². The fourth-order valence-electron chi connectivity index (χ4n) is 2.53. The van der Waals surface area contributed by atoms with Crippen LogP contribution in [0.3, 0.4) is 0 Å². The molecule has 20 heavy (non-hydrogen) atoms. The van der Waals surface area contributed by atoms with E-state index >= 15 is 0 Å². The second kappa shape index (κ2) is 5.73. The van der Waals surface area contributed by atoms with Crippen LogP contribution in [0.2, 0.25) is 0 Å². The van der Waals surface area contributed by atoms with E-state index in [4.69, 9.17) is 5.73 Å². The Balaban J connectivity index is 1.90. The largest absolute Gasteiger partial charge is 0.398 e. The second-order valence-corrected chi connectivity index (χ2v) is 5.15. The van der Waals surface area contributed by atoms with Gasteiger partial charge in [0.15, 0.2) is 0 Å². The van der Waals surface area contributed by atoms with E-state index < -0.39 is 12.1 Å². The molecule has 0 spiro atoms. The van der Waals surface area contributed by atoms with Crippen LogP contribution in [0.5, 0.6) is 0 Å².